The first kappa shape index (κ1) is 11.7. The second kappa shape index (κ2) is 4.25. The fourth-order valence-corrected chi connectivity index (χ4v) is 2.04. The number of carbonyl (C=O) groups excluding carboxylic acids is 1. The summed E-state index contributed by atoms with van der Waals surface area (Å²) in [6, 6.07) is 4.40. The summed E-state index contributed by atoms with van der Waals surface area (Å²) in [6.07, 6.45) is -0.232. The van der Waals surface area contributed by atoms with Crippen LogP contribution in [0.25, 0.3) is 0 Å². The van der Waals surface area contributed by atoms with Crippen molar-refractivity contribution in [3.05, 3.63) is 23.2 Å². The van der Waals surface area contributed by atoms with Gasteiger partial charge in [-0.15, -0.1) is 0 Å². The number of aliphatic carboxylic acids is 1. The van der Waals surface area contributed by atoms with Crippen molar-refractivity contribution < 1.29 is 14.7 Å². The van der Waals surface area contributed by atoms with Gasteiger partial charge in [-0.05, 0) is 18.2 Å². The zero-order chi connectivity index (χ0) is 12.6. The van der Waals surface area contributed by atoms with E-state index in [2.05, 4.69) is 5.32 Å². The van der Waals surface area contributed by atoms with Crippen LogP contribution in [0.3, 0.4) is 0 Å². The maximum Gasteiger partial charge on any atom is 0.305 e. The number of carboxylic acids is 1. The van der Waals surface area contributed by atoms with Crippen molar-refractivity contribution in [2.24, 2.45) is 0 Å². The van der Waals surface area contributed by atoms with E-state index in [-0.39, 0.29) is 12.3 Å². The summed E-state index contributed by atoms with van der Waals surface area (Å²) in [4.78, 5) is 24.1. The van der Waals surface area contributed by atoms with E-state index < -0.39 is 12.0 Å². The number of carbonyl (C=O) groups is 2. The number of likely N-dealkylation sites (N-methyl/N-ethyl adjacent to an activating group) is 1. The van der Waals surface area contributed by atoms with E-state index in [1.54, 1.807) is 30.1 Å². The van der Waals surface area contributed by atoms with Crippen molar-refractivity contribution in [2.75, 3.05) is 17.3 Å². The molecule has 0 aromatic heterocycles. The number of halogens is 1. The van der Waals surface area contributed by atoms with E-state index in [1.165, 1.54) is 0 Å². The molecule has 1 aromatic rings. The summed E-state index contributed by atoms with van der Waals surface area (Å²) in [5.41, 5.74) is 1.37. The first-order valence-electron chi connectivity index (χ1n) is 5.04. The number of benzene rings is 1. The molecule has 0 saturated carbocycles. The molecule has 1 heterocycles. The van der Waals surface area contributed by atoms with Gasteiger partial charge >= 0.3 is 5.97 Å². The van der Waals surface area contributed by atoms with Gasteiger partial charge < -0.3 is 15.3 Å². The van der Waals surface area contributed by atoms with Crippen LogP contribution in [0.5, 0.6) is 0 Å². The third-order valence-electron chi connectivity index (χ3n) is 2.73. The van der Waals surface area contributed by atoms with Crippen LogP contribution in [0.1, 0.15) is 6.42 Å². The van der Waals surface area contributed by atoms with Crippen LogP contribution in [0, 0.1) is 0 Å². The molecular weight excluding hydrogens is 244 g/mol. The van der Waals surface area contributed by atoms with Crippen LogP contribution in [0.4, 0.5) is 11.4 Å². The highest BCUT2D eigenvalue weighted by atomic mass is 35.5. The minimum absolute atomic E-state index is 0.232. The third-order valence-corrected chi connectivity index (χ3v) is 2.97. The van der Waals surface area contributed by atoms with Gasteiger partial charge in [0.15, 0.2) is 0 Å². The largest absolute Gasteiger partial charge is 0.481 e. The Hall–Kier alpha value is -1.75. The Bertz CT molecular complexity index is 490. The van der Waals surface area contributed by atoms with E-state index in [1.807, 2.05) is 0 Å². The number of hydrogen-bond acceptors (Lipinski definition) is 3. The molecule has 1 aliphatic heterocycles. The first-order valence-corrected chi connectivity index (χ1v) is 5.42. The van der Waals surface area contributed by atoms with Crippen LogP contribution in [0.15, 0.2) is 18.2 Å². The fourth-order valence-electron chi connectivity index (χ4n) is 1.87. The lowest BCUT2D eigenvalue weighted by molar-refractivity contribution is -0.138. The molecule has 6 heteroatoms. The summed E-state index contributed by atoms with van der Waals surface area (Å²) in [7, 11) is 1.69. The standard InChI is InChI=1S/C11H11ClN2O3/c1-14-8-3-2-6(12)4-7(8)13-11(17)9(14)5-10(15)16/h2-4,9H,5H2,1H3,(H,13,17)(H,15,16). The van der Waals surface area contributed by atoms with Gasteiger partial charge in [0, 0.05) is 12.1 Å². The summed E-state index contributed by atoms with van der Waals surface area (Å²) >= 11 is 5.83. The van der Waals surface area contributed by atoms with E-state index in [4.69, 9.17) is 16.7 Å². The lowest BCUT2D eigenvalue weighted by Crippen LogP contribution is -2.47. The first-order chi connectivity index (χ1) is 7.99. The molecule has 1 aromatic carbocycles. The van der Waals surface area contributed by atoms with Gasteiger partial charge in [0.25, 0.3) is 0 Å². The highest BCUT2D eigenvalue weighted by Crippen LogP contribution is 2.33. The number of nitrogens with zero attached hydrogens (tertiary/aromatic N) is 1. The third kappa shape index (κ3) is 2.19. The molecule has 2 N–H and O–H groups in total. The quantitative estimate of drug-likeness (QED) is 0.841. The second-order valence-electron chi connectivity index (χ2n) is 3.88. The number of nitrogens with one attached hydrogen (secondary N) is 1. The van der Waals surface area contributed by atoms with Crippen molar-refractivity contribution in [3.63, 3.8) is 0 Å². The molecule has 90 valence electrons. The van der Waals surface area contributed by atoms with E-state index in [0.29, 0.717) is 10.7 Å². The van der Waals surface area contributed by atoms with E-state index in [9.17, 15) is 9.59 Å². The van der Waals surface area contributed by atoms with Crippen molar-refractivity contribution in [1.29, 1.82) is 0 Å². The molecular formula is C11H11ClN2O3. The number of amides is 1. The van der Waals surface area contributed by atoms with Gasteiger partial charge in [0.1, 0.15) is 6.04 Å². The van der Waals surface area contributed by atoms with E-state index >= 15 is 0 Å². The maximum absolute atomic E-state index is 11.8. The van der Waals surface area contributed by atoms with Crippen molar-refractivity contribution in [2.45, 2.75) is 12.5 Å². The average molecular weight is 255 g/mol. The summed E-state index contributed by atoms with van der Waals surface area (Å²) in [5, 5.41) is 11.9. The van der Waals surface area contributed by atoms with Crippen LogP contribution in [-0.2, 0) is 9.59 Å². The lowest BCUT2D eigenvalue weighted by atomic mass is 10.1. The molecule has 0 fully saturated rings. The SMILES string of the molecule is CN1c2ccc(Cl)cc2NC(=O)C1CC(=O)O. The molecule has 1 aliphatic rings. The predicted molar refractivity (Wildman–Crippen MR) is 64.5 cm³/mol. The molecule has 0 spiro atoms. The Morgan fingerprint density at radius 2 is 2.29 bits per heavy atom. The minimum Gasteiger partial charge on any atom is -0.481 e. The Kier molecular flexibility index (Phi) is 2.93. The molecule has 1 atom stereocenters. The summed E-state index contributed by atoms with van der Waals surface area (Å²) in [6.45, 7) is 0. The number of fused-ring (bicyclic) bond motifs is 1. The predicted octanol–water partition coefficient (Wildman–Crippen LogP) is 1.57. The molecule has 0 radical (unpaired) electrons. The molecule has 5 nitrogen and oxygen atoms in total. The highest BCUT2D eigenvalue weighted by Gasteiger charge is 2.32. The highest BCUT2D eigenvalue weighted by molar-refractivity contribution is 6.31. The van der Waals surface area contributed by atoms with Gasteiger partial charge in [0.05, 0.1) is 17.8 Å². The fraction of sp³-hybridized carbons (Fsp3) is 0.273. The van der Waals surface area contributed by atoms with Crippen LogP contribution >= 0.6 is 11.6 Å². The Balaban J connectivity index is 2.36. The minimum atomic E-state index is -1.01. The van der Waals surface area contributed by atoms with Crippen LogP contribution in [0.2, 0.25) is 5.02 Å². The van der Waals surface area contributed by atoms with E-state index in [0.717, 1.165) is 5.69 Å². The van der Waals surface area contributed by atoms with Gasteiger partial charge in [-0.1, -0.05) is 11.6 Å². The Labute approximate surface area is 103 Å². The second-order valence-corrected chi connectivity index (χ2v) is 4.31. The monoisotopic (exact) mass is 254 g/mol. The number of anilines is 2. The molecule has 1 amide bonds. The number of carboxylic acid groups (broad SMARTS) is 1. The van der Waals surface area contributed by atoms with Gasteiger partial charge in [-0.2, -0.15) is 0 Å². The molecule has 2 rings (SSSR count). The van der Waals surface area contributed by atoms with Crippen molar-refractivity contribution >= 4 is 34.9 Å². The zero-order valence-corrected chi connectivity index (χ0v) is 9.86. The van der Waals surface area contributed by atoms with Gasteiger partial charge in [-0.25, -0.2) is 0 Å². The Morgan fingerprint density at radius 3 is 2.94 bits per heavy atom. The number of rotatable bonds is 2. The van der Waals surface area contributed by atoms with Gasteiger partial charge in [0.2, 0.25) is 5.91 Å². The van der Waals surface area contributed by atoms with Crippen molar-refractivity contribution in [1.82, 2.24) is 0 Å². The van der Waals surface area contributed by atoms with Crippen LogP contribution in [-0.4, -0.2) is 30.1 Å². The normalized spacial score (nSPS) is 18.6. The molecule has 0 aliphatic carbocycles. The summed E-state index contributed by atoms with van der Waals surface area (Å²) < 4.78 is 0. The molecule has 1 unspecified atom stereocenters. The topological polar surface area (TPSA) is 69.6 Å². The molecule has 0 bridgehead atoms. The summed E-state index contributed by atoms with van der Waals surface area (Å²) in [5.74, 6) is -1.33. The smallest absolute Gasteiger partial charge is 0.305 e. The number of hydrogen-bond donors (Lipinski definition) is 2. The average Bonchev–Trinajstić information content (AvgIpc) is 2.23. The molecule has 17 heavy (non-hydrogen) atoms. The lowest BCUT2D eigenvalue weighted by Gasteiger charge is -2.34. The molecule has 0 saturated heterocycles. The van der Waals surface area contributed by atoms with Gasteiger partial charge in [-0.3, -0.25) is 9.59 Å². The van der Waals surface area contributed by atoms with Crippen LogP contribution < -0.4 is 10.2 Å². The van der Waals surface area contributed by atoms with Crippen molar-refractivity contribution in [3.8, 4) is 0 Å². The zero-order valence-electron chi connectivity index (χ0n) is 9.11. The maximum atomic E-state index is 11.8. The Morgan fingerprint density at radius 1 is 1.59 bits per heavy atom.